The number of benzene rings is 3. The maximum atomic E-state index is 13.5. The Kier molecular flexibility index (Phi) is 8.74. The van der Waals surface area contributed by atoms with Gasteiger partial charge >= 0.3 is 18.2 Å². The van der Waals surface area contributed by atoms with E-state index < -0.39 is 23.9 Å². The second-order valence-electron chi connectivity index (χ2n) is 11.4. The first-order chi connectivity index (χ1) is 24.1. The fourth-order valence-electron chi connectivity index (χ4n) is 5.13. The number of aliphatic hydroxyl groups is 1. The van der Waals surface area contributed by atoms with Crippen LogP contribution in [0.2, 0.25) is 0 Å². The largest absolute Gasteiger partial charge is 0.468 e. The Hall–Kier alpha value is -6.06. The first-order valence-electron chi connectivity index (χ1n) is 15.4. The average Bonchev–Trinajstić information content (AvgIpc) is 3.50. The molecule has 3 aromatic heterocycles. The van der Waals surface area contributed by atoms with Crippen LogP contribution < -0.4 is 20.1 Å². The zero-order valence-corrected chi connectivity index (χ0v) is 26.3. The third kappa shape index (κ3) is 7.18. The number of amides is 2. The SMILES string of the molecule is CC(O)c1cccc(-c2ccc(C(F)(F)F)cc2NC(=O)Nc2cnc(Oc3ccc(-c4cnc5ccc(OC6COC6)nn45)cc3)nc2)c1. The van der Waals surface area contributed by atoms with Crippen molar-refractivity contribution < 1.29 is 37.3 Å². The number of halogens is 3. The van der Waals surface area contributed by atoms with E-state index in [1.54, 1.807) is 60.1 Å². The van der Waals surface area contributed by atoms with Crippen LogP contribution in [0.1, 0.15) is 24.2 Å². The van der Waals surface area contributed by atoms with Gasteiger partial charge in [0.1, 0.15) is 11.9 Å². The molecule has 254 valence electrons. The minimum Gasteiger partial charge on any atom is -0.468 e. The van der Waals surface area contributed by atoms with Crippen molar-refractivity contribution in [1.29, 1.82) is 0 Å². The van der Waals surface area contributed by atoms with Crippen LogP contribution in [0.5, 0.6) is 17.6 Å². The molecule has 4 heterocycles. The normalized spacial score (nSPS) is 13.8. The number of ether oxygens (including phenoxy) is 3. The number of hydrogen-bond donors (Lipinski definition) is 3. The van der Waals surface area contributed by atoms with Crippen LogP contribution in [0.25, 0.3) is 28.0 Å². The van der Waals surface area contributed by atoms with Crippen molar-refractivity contribution in [2.24, 2.45) is 0 Å². The summed E-state index contributed by atoms with van der Waals surface area (Å²) in [4.78, 5) is 25.6. The Morgan fingerprint density at radius 3 is 2.42 bits per heavy atom. The maximum Gasteiger partial charge on any atom is 0.416 e. The lowest BCUT2D eigenvalue weighted by molar-refractivity contribution is -0.137. The Balaban J connectivity index is 1.01. The molecule has 3 N–H and O–H groups in total. The number of aliphatic hydroxyl groups excluding tert-OH is 1. The van der Waals surface area contributed by atoms with Gasteiger partial charge in [-0.05, 0) is 66.6 Å². The van der Waals surface area contributed by atoms with Gasteiger partial charge in [-0.15, -0.1) is 5.10 Å². The van der Waals surface area contributed by atoms with Crippen LogP contribution in [0.4, 0.5) is 29.3 Å². The van der Waals surface area contributed by atoms with Crippen molar-refractivity contribution in [2.75, 3.05) is 23.8 Å². The molecule has 12 nitrogen and oxygen atoms in total. The van der Waals surface area contributed by atoms with E-state index in [2.05, 4.69) is 30.7 Å². The van der Waals surface area contributed by atoms with Gasteiger partial charge in [-0.2, -0.15) is 13.2 Å². The molecule has 1 saturated heterocycles. The molecular weight excluding hydrogens is 655 g/mol. The third-order valence-electron chi connectivity index (χ3n) is 7.75. The summed E-state index contributed by atoms with van der Waals surface area (Å²) in [6.07, 6.45) is -1.13. The van der Waals surface area contributed by atoms with Gasteiger partial charge in [0.05, 0.1) is 60.5 Å². The van der Waals surface area contributed by atoms with E-state index in [0.717, 1.165) is 23.4 Å². The fourth-order valence-corrected chi connectivity index (χ4v) is 5.13. The molecule has 0 saturated carbocycles. The molecule has 6 aromatic rings. The number of urea groups is 1. The lowest BCUT2D eigenvalue weighted by Crippen LogP contribution is -2.38. The molecule has 0 radical (unpaired) electrons. The second-order valence-corrected chi connectivity index (χ2v) is 11.4. The number of carbonyl (C=O) groups excluding carboxylic acids is 1. The molecule has 15 heteroatoms. The first kappa shape index (κ1) is 32.5. The molecule has 1 unspecified atom stereocenters. The summed E-state index contributed by atoms with van der Waals surface area (Å²) in [5, 5.41) is 19.6. The number of hydrogen-bond acceptors (Lipinski definition) is 9. The summed E-state index contributed by atoms with van der Waals surface area (Å²) >= 11 is 0. The number of fused-ring (bicyclic) bond motifs is 1. The van der Waals surface area contributed by atoms with E-state index in [9.17, 15) is 23.1 Å². The molecule has 3 aromatic carbocycles. The van der Waals surface area contributed by atoms with E-state index in [4.69, 9.17) is 14.2 Å². The Morgan fingerprint density at radius 2 is 1.72 bits per heavy atom. The van der Waals surface area contributed by atoms with E-state index in [-0.39, 0.29) is 23.5 Å². The average molecular weight is 684 g/mol. The highest BCUT2D eigenvalue weighted by atomic mass is 19.4. The number of anilines is 2. The highest BCUT2D eigenvalue weighted by Crippen LogP contribution is 2.37. The molecule has 0 bridgehead atoms. The Morgan fingerprint density at radius 1 is 0.940 bits per heavy atom. The maximum absolute atomic E-state index is 13.5. The number of aromatic nitrogens is 5. The number of nitrogens with zero attached hydrogens (tertiary/aromatic N) is 5. The summed E-state index contributed by atoms with van der Waals surface area (Å²) in [5.41, 5.74) is 2.80. The first-order valence-corrected chi connectivity index (χ1v) is 15.4. The zero-order chi connectivity index (χ0) is 34.8. The van der Waals surface area contributed by atoms with Crippen molar-refractivity contribution in [3.8, 4) is 40.0 Å². The van der Waals surface area contributed by atoms with Gasteiger partial charge in [-0.1, -0.05) is 24.3 Å². The lowest BCUT2D eigenvalue weighted by atomic mass is 9.98. The molecule has 0 spiro atoms. The van der Waals surface area contributed by atoms with Crippen molar-refractivity contribution in [1.82, 2.24) is 24.6 Å². The number of carbonyl (C=O) groups is 1. The van der Waals surface area contributed by atoms with Crippen LogP contribution in [-0.4, -0.2) is 55.0 Å². The summed E-state index contributed by atoms with van der Waals surface area (Å²) in [7, 11) is 0. The monoisotopic (exact) mass is 683 g/mol. The van der Waals surface area contributed by atoms with Gasteiger partial charge in [0.25, 0.3) is 0 Å². The number of rotatable bonds is 9. The van der Waals surface area contributed by atoms with Gasteiger partial charge in [0.15, 0.2) is 5.65 Å². The molecule has 1 aliphatic heterocycles. The summed E-state index contributed by atoms with van der Waals surface area (Å²) in [5.74, 6) is 0.914. The minimum atomic E-state index is -4.63. The lowest BCUT2D eigenvalue weighted by Gasteiger charge is -2.25. The molecule has 0 aliphatic carbocycles. The highest BCUT2D eigenvalue weighted by molar-refractivity contribution is 6.02. The van der Waals surface area contributed by atoms with Gasteiger partial charge in [0.2, 0.25) is 5.88 Å². The molecule has 7 rings (SSSR count). The van der Waals surface area contributed by atoms with Crippen molar-refractivity contribution >= 4 is 23.1 Å². The van der Waals surface area contributed by atoms with Crippen molar-refractivity contribution in [2.45, 2.75) is 25.3 Å². The van der Waals surface area contributed by atoms with E-state index >= 15 is 0 Å². The Labute approximate surface area is 282 Å². The van der Waals surface area contributed by atoms with E-state index in [1.165, 1.54) is 18.5 Å². The van der Waals surface area contributed by atoms with Crippen LogP contribution in [0, 0.1) is 0 Å². The standard InChI is InChI=1S/C35H28F3N7O5/c1-20(46)22-3-2-4-23(13-22)28-10-7-24(35(36,37)38)14-29(28)43-33(47)42-25-15-40-34(41-16-25)50-26-8-5-21(6-9-26)30-17-39-31-11-12-32(44-45(30)31)49-27-18-48-19-27/h2-17,20,27,46H,18-19H2,1H3,(H2,42,43,47). The molecule has 2 amide bonds. The number of alkyl halides is 3. The smallest absolute Gasteiger partial charge is 0.416 e. The fraction of sp³-hybridized carbons (Fsp3) is 0.171. The topological polar surface area (TPSA) is 145 Å². The van der Waals surface area contributed by atoms with E-state index in [0.29, 0.717) is 47.2 Å². The number of nitrogens with one attached hydrogen (secondary N) is 2. The summed E-state index contributed by atoms with van der Waals surface area (Å²) in [6, 6.07) is 19.6. The van der Waals surface area contributed by atoms with Crippen molar-refractivity contribution in [3.63, 3.8) is 0 Å². The molecule has 1 aliphatic rings. The summed E-state index contributed by atoms with van der Waals surface area (Å²) in [6.45, 7) is 2.64. The predicted octanol–water partition coefficient (Wildman–Crippen LogP) is 7.14. The number of imidazole rings is 1. The highest BCUT2D eigenvalue weighted by Gasteiger charge is 2.31. The second kappa shape index (κ2) is 13.4. The molecular formula is C35H28F3N7O5. The van der Waals surface area contributed by atoms with Crippen molar-refractivity contribution in [3.05, 3.63) is 109 Å². The molecule has 1 fully saturated rings. The van der Waals surface area contributed by atoms with Crippen LogP contribution in [0.15, 0.2) is 97.5 Å². The van der Waals surface area contributed by atoms with Gasteiger partial charge in [-0.25, -0.2) is 24.3 Å². The quantitative estimate of drug-likeness (QED) is 0.145. The molecule has 1 atom stereocenters. The van der Waals surface area contributed by atoms with Gasteiger partial charge < -0.3 is 30.0 Å². The molecule has 50 heavy (non-hydrogen) atoms. The Bertz CT molecular complexity index is 2150. The van der Waals surface area contributed by atoms with Crippen LogP contribution in [0.3, 0.4) is 0 Å². The summed E-state index contributed by atoms with van der Waals surface area (Å²) < 4.78 is 59.1. The van der Waals surface area contributed by atoms with Gasteiger partial charge in [0, 0.05) is 17.2 Å². The zero-order valence-electron chi connectivity index (χ0n) is 26.3. The third-order valence-corrected chi connectivity index (χ3v) is 7.75. The predicted molar refractivity (Wildman–Crippen MR) is 176 cm³/mol. The van der Waals surface area contributed by atoms with Crippen LogP contribution in [-0.2, 0) is 10.9 Å². The van der Waals surface area contributed by atoms with E-state index in [1.807, 2.05) is 18.2 Å². The van der Waals surface area contributed by atoms with Gasteiger partial charge in [-0.3, -0.25) is 0 Å². The minimum absolute atomic E-state index is 0.0000926. The van der Waals surface area contributed by atoms with Crippen LogP contribution >= 0.6 is 0 Å².